The molecule has 0 aliphatic carbocycles. The Hall–Kier alpha value is -0.980. The molecule has 2 fully saturated rings. The zero-order chi connectivity index (χ0) is 17.2. The van der Waals surface area contributed by atoms with E-state index in [-0.39, 0.29) is 4.90 Å². The molecule has 2 saturated heterocycles. The topological polar surface area (TPSA) is 40.6 Å². The van der Waals surface area contributed by atoms with Crippen molar-refractivity contribution >= 4 is 10.0 Å². The Bertz CT molecular complexity index is 662. The van der Waals surface area contributed by atoms with Crippen LogP contribution >= 0.6 is 0 Å². The number of likely N-dealkylation sites (tertiary alicyclic amines) is 1. The number of hydrogen-bond donors (Lipinski definition) is 0. The van der Waals surface area contributed by atoms with Crippen molar-refractivity contribution in [2.75, 3.05) is 26.2 Å². The number of aryl methyl sites for hydroxylation is 1. The Morgan fingerprint density at radius 1 is 1.00 bits per heavy atom. The summed E-state index contributed by atoms with van der Waals surface area (Å²) in [6, 6.07) is 4.41. The molecule has 3 rings (SSSR count). The van der Waals surface area contributed by atoms with Crippen LogP contribution in [-0.2, 0) is 10.0 Å². The summed E-state index contributed by atoms with van der Waals surface area (Å²) < 4.78 is 40.5. The number of sulfonamides is 1. The molecule has 4 nitrogen and oxygen atoms in total. The van der Waals surface area contributed by atoms with E-state index in [0.717, 1.165) is 25.9 Å². The normalized spacial score (nSPS) is 22.4. The van der Waals surface area contributed by atoms with Crippen molar-refractivity contribution < 1.29 is 12.8 Å². The third-order valence-electron chi connectivity index (χ3n) is 5.34. The third kappa shape index (κ3) is 3.81. The molecule has 2 aliphatic heterocycles. The Kier molecular flexibility index (Phi) is 5.57. The zero-order valence-electron chi connectivity index (χ0n) is 14.4. The molecule has 24 heavy (non-hydrogen) atoms. The highest BCUT2D eigenvalue weighted by Gasteiger charge is 2.32. The number of hydrogen-bond acceptors (Lipinski definition) is 3. The first kappa shape index (κ1) is 17.8. The fourth-order valence-electron chi connectivity index (χ4n) is 3.95. The second kappa shape index (κ2) is 7.50. The van der Waals surface area contributed by atoms with Crippen molar-refractivity contribution in [3.63, 3.8) is 0 Å². The molecule has 1 aromatic carbocycles. The number of nitrogens with zero attached hydrogens (tertiary/aromatic N) is 2. The molecule has 0 unspecified atom stereocenters. The lowest BCUT2D eigenvalue weighted by atomic mass is 10.0. The minimum Gasteiger partial charge on any atom is -0.300 e. The van der Waals surface area contributed by atoms with E-state index in [4.69, 9.17) is 0 Å². The molecule has 0 N–H and O–H groups in total. The highest BCUT2D eigenvalue weighted by atomic mass is 32.2. The quantitative estimate of drug-likeness (QED) is 0.837. The van der Waals surface area contributed by atoms with Crippen LogP contribution in [0.25, 0.3) is 0 Å². The molecular formula is C18H27FN2O2S. The van der Waals surface area contributed by atoms with E-state index in [1.54, 1.807) is 11.2 Å². The van der Waals surface area contributed by atoms with Crippen LogP contribution in [0, 0.1) is 12.7 Å². The van der Waals surface area contributed by atoms with Gasteiger partial charge in [0.15, 0.2) is 0 Å². The fourth-order valence-corrected chi connectivity index (χ4v) is 5.62. The average Bonchev–Trinajstić information content (AvgIpc) is 2.84. The molecule has 0 aromatic heterocycles. The summed E-state index contributed by atoms with van der Waals surface area (Å²) in [6.45, 7) is 5.06. The Morgan fingerprint density at radius 2 is 1.62 bits per heavy atom. The first-order chi connectivity index (χ1) is 11.5. The van der Waals surface area contributed by atoms with Crippen molar-refractivity contribution in [2.24, 2.45) is 0 Å². The van der Waals surface area contributed by atoms with E-state index in [0.29, 0.717) is 24.7 Å². The Labute approximate surface area is 144 Å². The Balaban J connectivity index is 1.67. The molecular weight excluding hydrogens is 327 g/mol. The number of rotatable bonds is 3. The summed E-state index contributed by atoms with van der Waals surface area (Å²) in [6.07, 6.45) is 6.92. The minimum absolute atomic E-state index is 0.233. The van der Waals surface area contributed by atoms with Crippen LogP contribution in [0.2, 0.25) is 0 Å². The van der Waals surface area contributed by atoms with Crippen molar-refractivity contribution in [1.82, 2.24) is 9.21 Å². The number of piperidine rings is 1. The van der Waals surface area contributed by atoms with E-state index in [9.17, 15) is 12.8 Å². The van der Waals surface area contributed by atoms with Gasteiger partial charge in [0.25, 0.3) is 0 Å². The van der Waals surface area contributed by atoms with Gasteiger partial charge in [0.05, 0.1) is 4.90 Å². The van der Waals surface area contributed by atoms with Gasteiger partial charge in [0.2, 0.25) is 10.0 Å². The van der Waals surface area contributed by atoms with Crippen molar-refractivity contribution in [2.45, 2.75) is 56.4 Å². The maximum atomic E-state index is 13.3. The number of halogens is 1. The van der Waals surface area contributed by atoms with Gasteiger partial charge in [-0.15, -0.1) is 0 Å². The van der Waals surface area contributed by atoms with Gasteiger partial charge >= 0.3 is 0 Å². The predicted molar refractivity (Wildman–Crippen MR) is 93.0 cm³/mol. The molecule has 134 valence electrons. The van der Waals surface area contributed by atoms with Crippen LogP contribution in [0.3, 0.4) is 0 Å². The molecule has 2 aliphatic rings. The van der Waals surface area contributed by atoms with E-state index in [1.165, 1.54) is 43.9 Å². The first-order valence-corrected chi connectivity index (χ1v) is 10.4. The smallest absolute Gasteiger partial charge is 0.243 e. The summed E-state index contributed by atoms with van der Waals surface area (Å²) in [5.41, 5.74) is 0.477. The van der Waals surface area contributed by atoms with Gasteiger partial charge in [-0.1, -0.05) is 12.8 Å². The van der Waals surface area contributed by atoms with Crippen LogP contribution in [0.15, 0.2) is 23.1 Å². The molecule has 2 heterocycles. The predicted octanol–water partition coefficient (Wildman–Crippen LogP) is 3.16. The van der Waals surface area contributed by atoms with Gasteiger partial charge in [0.1, 0.15) is 5.82 Å². The minimum atomic E-state index is -3.52. The first-order valence-electron chi connectivity index (χ1n) is 8.99. The van der Waals surface area contributed by atoms with Crippen molar-refractivity contribution in [3.8, 4) is 0 Å². The van der Waals surface area contributed by atoms with E-state index >= 15 is 0 Å². The lowest BCUT2D eigenvalue weighted by Gasteiger charge is -2.37. The molecule has 1 aromatic rings. The molecule has 0 saturated carbocycles. The maximum Gasteiger partial charge on any atom is 0.243 e. The van der Waals surface area contributed by atoms with Crippen LogP contribution in [-0.4, -0.2) is 49.8 Å². The van der Waals surface area contributed by atoms with Crippen LogP contribution in [0.4, 0.5) is 4.39 Å². The van der Waals surface area contributed by atoms with Crippen molar-refractivity contribution in [1.29, 1.82) is 0 Å². The van der Waals surface area contributed by atoms with Crippen LogP contribution in [0.1, 0.15) is 44.1 Å². The molecule has 0 bridgehead atoms. The monoisotopic (exact) mass is 354 g/mol. The summed E-state index contributed by atoms with van der Waals surface area (Å²) in [5, 5.41) is 0. The standard InChI is InChI=1S/C18H27FN2O2S/c1-15-14-16(19)6-7-18(15)24(22,23)21-12-8-17(9-13-21)20-10-4-2-3-5-11-20/h6-7,14,17H,2-5,8-13H2,1H3. The van der Waals surface area contributed by atoms with Gasteiger partial charge in [-0.2, -0.15) is 4.31 Å². The molecule has 6 heteroatoms. The van der Waals surface area contributed by atoms with Gasteiger partial charge in [0, 0.05) is 19.1 Å². The SMILES string of the molecule is Cc1cc(F)ccc1S(=O)(=O)N1CCC(N2CCCCCC2)CC1. The van der Waals surface area contributed by atoms with Gasteiger partial charge in [-0.25, -0.2) is 12.8 Å². The van der Waals surface area contributed by atoms with Gasteiger partial charge in [-0.05, 0) is 69.5 Å². The summed E-state index contributed by atoms with van der Waals surface area (Å²) in [5.74, 6) is -0.397. The van der Waals surface area contributed by atoms with Crippen molar-refractivity contribution in [3.05, 3.63) is 29.6 Å². The lowest BCUT2D eigenvalue weighted by Crippen LogP contribution is -2.47. The third-order valence-corrected chi connectivity index (χ3v) is 7.39. The average molecular weight is 354 g/mol. The van der Waals surface area contributed by atoms with Crippen LogP contribution in [0.5, 0.6) is 0 Å². The highest BCUT2D eigenvalue weighted by Crippen LogP contribution is 2.26. The molecule has 0 radical (unpaired) electrons. The maximum absolute atomic E-state index is 13.3. The van der Waals surface area contributed by atoms with Gasteiger partial charge < -0.3 is 4.90 Å². The van der Waals surface area contributed by atoms with E-state index < -0.39 is 15.8 Å². The summed E-state index contributed by atoms with van der Waals surface area (Å²) in [7, 11) is -3.52. The van der Waals surface area contributed by atoms with Gasteiger partial charge in [-0.3, -0.25) is 0 Å². The highest BCUT2D eigenvalue weighted by molar-refractivity contribution is 7.89. The number of benzene rings is 1. The second-order valence-corrected chi connectivity index (χ2v) is 8.90. The van der Waals surface area contributed by atoms with Crippen LogP contribution < -0.4 is 0 Å². The molecule has 0 spiro atoms. The lowest BCUT2D eigenvalue weighted by molar-refractivity contribution is 0.144. The molecule has 0 amide bonds. The fraction of sp³-hybridized carbons (Fsp3) is 0.667. The second-order valence-electron chi connectivity index (χ2n) is 7.00. The Morgan fingerprint density at radius 3 is 2.21 bits per heavy atom. The largest absolute Gasteiger partial charge is 0.300 e. The van der Waals surface area contributed by atoms with E-state index in [1.807, 2.05) is 0 Å². The zero-order valence-corrected chi connectivity index (χ0v) is 15.2. The summed E-state index contributed by atoms with van der Waals surface area (Å²) in [4.78, 5) is 2.79. The molecule has 0 atom stereocenters. The summed E-state index contributed by atoms with van der Waals surface area (Å²) >= 11 is 0. The van der Waals surface area contributed by atoms with E-state index in [2.05, 4.69) is 4.90 Å².